The van der Waals surface area contributed by atoms with Crippen LogP contribution in [0.4, 0.5) is 34.1 Å². The van der Waals surface area contributed by atoms with E-state index in [-0.39, 0.29) is 0 Å². The first-order valence-corrected chi connectivity index (χ1v) is 39.4. The van der Waals surface area contributed by atoms with E-state index in [0.717, 1.165) is 34.1 Å². The third kappa shape index (κ3) is 9.29. The predicted octanol–water partition coefficient (Wildman–Crippen LogP) is 23.9. The van der Waals surface area contributed by atoms with E-state index >= 15 is 0 Å². The summed E-state index contributed by atoms with van der Waals surface area (Å²) in [5.74, 6) is 0.790. The highest BCUT2D eigenvalue weighted by atomic mass is 32.3. The first kappa shape index (κ1) is 61.2. The zero-order valence-electron chi connectivity index (χ0n) is 57.5. The van der Waals surface area contributed by atoms with Crippen LogP contribution in [0.2, 0.25) is 0 Å². The van der Waals surface area contributed by atoms with Gasteiger partial charge in [-0.2, -0.15) is 0 Å². The summed E-state index contributed by atoms with van der Waals surface area (Å²) in [5, 5.41) is 15.1. The minimum atomic E-state index is -3.00. The average molecular weight is 1340 g/mol. The van der Waals surface area contributed by atoms with Crippen molar-refractivity contribution in [3.63, 3.8) is 0 Å². The Kier molecular flexibility index (Phi) is 14.7. The smallest absolute Gasteiger partial charge is 0.179 e. The quantitative estimate of drug-likeness (QED) is 0.0708. The molecule has 6 heteroatoms. The monoisotopic (exact) mass is 1340 g/mol. The molecule has 0 saturated carbocycles. The number of benzene rings is 15. The van der Waals surface area contributed by atoms with Gasteiger partial charge in [-0.15, -0.1) is 10.0 Å². The molecule has 0 spiro atoms. The van der Waals surface area contributed by atoms with Crippen molar-refractivity contribution in [2.24, 2.45) is 0 Å². The van der Waals surface area contributed by atoms with Gasteiger partial charge in [0.05, 0.1) is 44.5 Å². The van der Waals surface area contributed by atoms with E-state index in [0.29, 0.717) is 11.8 Å². The van der Waals surface area contributed by atoms with Crippen LogP contribution in [-0.4, -0.2) is 16.9 Å². The summed E-state index contributed by atoms with van der Waals surface area (Å²) in [6.45, 7) is 9.12. The lowest BCUT2D eigenvalue weighted by Gasteiger charge is -2.42. The van der Waals surface area contributed by atoms with Crippen molar-refractivity contribution in [1.82, 2.24) is 8.80 Å². The van der Waals surface area contributed by atoms with Crippen molar-refractivity contribution < 1.29 is 0 Å². The molecule has 19 aromatic rings. The molecule has 4 heterocycles. The van der Waals surface area contributed by atoms with Crippen LogP contribution in [0.25, 0.3) is 76.2 Å². The standard InChI is InChI=1S/C96H74N4SSi/c1-65(2)67-45-49-71(50-46-67)97(69-29-13-5-14-30-69)89-59-55-81-83-64-92-84(63-91(83)99-87-57-53-76(61-85(87)93(89)95(81)99)101(73-33-17-7-18-34-73,74-35-19-8-20-36-74)75-37-21-9-22-38-75)82-56-60-90(98(70-31-15-6-16-32-70)72-51-47-68(48-52-72)66(3)4)94-86-62-80(54-58-88(86)100(92)96(82)94)102(77-39-23-10-24-40-77,78-41-25-11-26-42-78)79-43-27-12-28-44-79/h5-66H,1-4H3. The number of aromatic nitrogens is 2. The Morgan fingerprint density at radius 1 is 0.255 bits per heavy atom. The maximum atomic E-state index is 2.63. The first-order valence-electron chi connectivity index (χ1n) is 35.8. The number of nitrogens with zero attached hydrogens (tertiary/aromatic N) is 4. The van der Waals surface area contributed by atoms with Crippen LogP contribution in [0.5, 0.6) is 0 Å². The van der Waals surface area contributed by atoms with Gasteiger partial charge in [0, 0.05) is 85.4 Å². The molecule has 15 aromatic carbocycles. The lowest BCUT2D eigenvalue weighted by Crippen LogP contribution is -2.74. The van der Waals surface area contributed by atoms with Crippen LogP contribution in [-0.2, 0) is 0 Å². The molecule has 0 unspecified atom stereocenters. The van der Waals surface area contributed by atoms with E-state index in [1.165, 1.54) is 128 Å². The highest BCUT2D eigenvalue weighted by molar-refractivity contribution is 8.34. The van der Waals surface area contributed by atoms with Crippen molar-refractivity contribution in [3.05, 3.63) is 375 Å². The third-order valence-corrected chi connectivity index (χ3v) is 30.4. The van der Waals surface area contributed by atoms with Crippen LogP contribution in [0.15, 0.2) is 384 Å². The fourth-order valence-electron chi connectivity index (χ4n) is 17.1. The fourth-order valence-corrected chi connectivity index (χ4v) is 25.8. The van der Waals surface area contributed by atoms with Gasteiger partial charge in [0.25, 0.3) is 0 Å². The third-order valence-electron chi connectivity index (χ3n) is 21.8. The highest BCUT2D eigenvalue weighted by Gasteiger charge is 2.42. The second kappa shape index (κ2) is 24.5. The van der Waals surface area contributed by atoms with E-state index in [9.17, 15) is 0 Å². The van der Waals surface area contributed by atoms with E-state index < -0.39 is 18.1 Å². The topological polar surface area (TPSA) is 15.3 Å². The molecule has 0 aliphatic carbocycles. The molecule has 0 fully saturated rings. The number of para-hydroxylation sites is 2. The lowest BCUT2D eigenvalue weighted by atomic mass is 10.0. The van der Waals surface area contributed by atoms with E-state index in [2.05, 4.69) is 410 Å². The molecule has 488 valence electrons. The van der Waals surface area contributed by atoms with Crippen LogP contribution in [0.1, 0.15) is 50.7 Å². The molecule has 0 amide bonds. The Bertz CT molecular complexity index is 5680. The van der Waals surface area contributed by atoms with E-state index in [1.807, 2.05) is 0 Å². The lowest BCUT2D eigenvalue weighted by molar-refractivity contribution is 0.866. The molecule has 4 nitrogen and oxygen atoms in total. The first-order chi connectivity index (χ1) is 50.3. The molecule has 0 aliphatic rings. The van der Waals surface area contributed by atoms with Gasteiger partial charge in [-0.25, -0.2) is 0 Å². The number of hydrogen-bond donors (Lipinski definition) is 0. The SMILES string of the molecule is CC(C)c1ccc(N(c2ccccc2)c2ccc3c4cc5c(cc4n4c6ccc([Si](c7ccccc7)(c7ccccc7)c7ccccc7)cc6c2c34)c2ccc(N(c3ccccc3)c3ccc(C(C)C)cc3)c3c4cc(S(c6ccccc6)(c6ccccc6)c6ccccc6)ccc4n5c23)cc1. The minimum absolute atomic E-state index is 0.395. The zero-order chi connectivity index (χ0) is 68.2. The van der Waals surface area contributed by atoms with Crippen LogP contribution < -0.4 is 30.5 Å². The van der Waals surface area contributed by atoms with Crippen molar-refractivity contribution in [2.75, 3.05) is 9.80 Å². The van der Waals surface area contributed by atoms with E-state index in [4.69, 9.17) is 0 Å². The highest BCUT2D eigenvalue weighted by Crippen LogP contribution is 2.74. The van der Waals surface area contributed by atoms with Crippen molar-refractivity contribution in [1.29, 1.82) is 0 Å². The molecular weight excluding hydrogens is 1270 g/mol. The molecule has 0 radical (unpaired) electrons. The van der Waals surface area contributed by atoms with Gasteiger partial charge < -0.3 is 18.6 Å². The molecule has 19 rings (SSSR count). The summed E-state index contributed by atoms with van der Waals surface area (Å²) in [7, 11) is -5.07. The second-order valence-electron chi connectivity index (χ2n) is 27.9. The summed E-state index contributed by atoms with van der Waals surface area (Å²) in [4.78, 5) is 10.2. The van der Waals surface area contributed by atoms with Crippen LogP contribution in [0, 0.1) is 0 Å². The Morgan fingerprint density at radius 2 is 0.588 bits per heavy atom. The summed E-state index contributed by atoms with van der Waals surface area (Å²) in [5.41, 5.74) is 16.5. The molecule has 0 atom stereocenters. The molecule has 0 bridgehead atoms. The van der Waals surface area contributed by atoms with Gasteiger partial charge in [0.15, 0.2) is 8.07 Å². The predicted molar refractivity (Wildman–Crippen MR) is 437 cm³/mol. The summed E-state index contributed by atoms with van der Waals surface area (Å²) in [6.07, 6.45) is 0. The number of hydrogen-bond acceptors (Lipinski definition) is 2. The molecule has 0 saturated heterocycles. The summed E-state index contributed by atoms with van der Waals surface area (Å²) < 4.78 is 5.26. The number of anilines is 6. The maximum absolute atomic E-state index is 3.00. The number of fused-ring (bicyclic) bond motifs is 12. The molecular formula is C96H74N4SSi. The van der Waals surface area contributed by atoms with Gasteiger partial charge in [0.2, 0.25) is 0 Å². The summed E-state index contributed by atoms with van der Waals surface area (Å²) >= 11 is 0. The average Bonchev–Trinajstić information content (AvgIpc) is 1.50. The van der Waals surface area contributed by atoms with Gasteiger partial charge >= 0.3 is 0 Å². The Balaban J connectivity index is 0.940. The van der Waals surface area contributed by atoms with E-state index in [1.54, 1.807) is 0 Å². The van der Waals surface area contributed by atoms with Gasteiger partial charge in [-0.1, -0.05) is 258 Å². The second-order valence-corrected chi connectivity index (χ2v) is 34.8. The van der Waals surface area contributed by atoms with Gasteiger partial charge in [-0.05, 0) is 177 Å². The molecule has 4 aromatic heterocycles. The fraction of sp³-hybridized carbons (Fsp3) is 0.0625. The molecule has 102 heavy (non-hydrogen) atoms. The Hall–Kier alpha value is -11.9. The van der Waals surface area contributed by atoms with Crippen molar-refractivity contribution in [3.8, 4) is 0 Å². The maximum Gasteiger partial charge on any atom is 0.179 e. The van der Waals surface area contributed by atoms with Crippen molar-refractivity contribution >= 4 is 149 Å². The normalized spacial score (nSPS) is 12.5. The summed E-state index contributed by atoms with van der Waals surface area (Å²) in [6, 6.07) is 138. The Morgan fingerprint density at radius 3 is 0.961 bits per heavy atom. The molecule has 0 aliphatic heterocycles. The largest absolute Gasteiger partial charge is 0.310 e. The molecule has 0 N–H and O–H groups in total. The van der Waals surface area contributed by atoms with Crippen molar-refractivity contribution in [2.45, 2.75) is 59.1 Å². The number of rotatable bonds is 16. The Labute approximate surface area is 597 Å². The zero-order valence-corrected chi connectivity index (χ0v) is 59.3. The van der Waals surface area contributed by atoms with Gasteiger partial charge in [-0.3, -0.25) is 0 Å². The minimum Gasteiger partial charge on any atom is -0.310 e. The van der Waals surface area contributed by atoms with Gasteiger partial charge in [0.1, 0.15) is 0 Å². The van der Waals surface area contributed by atoms with Crippen LogP contribution in [0.3, 0.4) is 0 Å². The van der Waals surface area contributed by atoms with Crippen LogP contribution >= 0.6 is 10.0 Å².